The van der Waals surface area contributed by atoms with E-state index < -0.39 is 36.8 Å². The van der Waals surface area contributed by atoms with Gasteiger partial charge in [-0.3, -0.25) is 34.2 Å². The lowest BCUT2D eigenvalue weighted by molar-refractivity contribution is -0.136. The maximum Gasteiger partial charge on any atom is 0.266 e. The number of benzene rings is 3. The first-order valence-corrected chi connectivity index (χ1v) is 23.7. The summed E-state index contributed by atoms with van der Waals surface area (Å²) in [5.74, 6) is -0.666. The van der Waals surface area contributed by atoms with Gasteiger partial charge in [-0.05, 0) is 81.8 Å². The van der Waals surface area contributed by atoms with Crippen LogP contribution in [0.25, 0.3) is 0 Å². The summed E-state index contributed by atoms with van der Waals surface area (Å²) in [7, 11) is -0.967. The summed E-state index contributed by atoms with van der Waals surface area (Å²) in [6, 6.07) is 17.1. The lowest BCUT2D eigenvalue weighted by Crippen LogP contribution is -2.54. The smallest absolute Gasteiger partial charge is 0.266 e. The molecule has 16 nitrogen and oxygen atoms in total. The van der Waals surface area contributed by atoms with Gasteiger partial charge in [0.05, 0.1) is 42.4 Å². The highest BCUT2D eigenvalue weighted by molar-refractivity contribution is 7.70. The molecule has 0 bridgehead atoms. The van der Waals surface area contributed by atoms with Crippen LogP contribution in [0.15, 0.2) is 66.9 Å². The Balaban J connectivity index is 0.821. The lowest BCUT2D eigenvalue weighted by Gasteiger charge is -2.34. The average molecular weight is 885 g/mol. The molecule has 62 heavy (non-hydrogen) atoms. The van der Waals surface area contributed by atoms with Crippen molar-refractivity contribution in [2.75, 3.05) is 55.7 Å². The largest absolute Gasteiger partial charge is 0.494 e. The second kappa shape index (κ2) is 19.4. The van der Waals surface area contributed by atoms with Crippen LogP contribution in [0.4, 0.5) is 28.8 Å². The third kappa shape index (κ3) is 10.2. The number of imide groups is 2. The van der Waals surface area contributed by atoms with E-state index in [2.05, 4.69) is 36.1 Å². The molecule has 3 aromatic carbocycles. The van der Waals surface area contributed by atoms with Gasteiger partial charge in [-0.2, -0.15) is 4.98 Å². The summed E-state index contributed by atoms with van der Waals surface area (Å²) in [5, 5.41) is 12.9. The third-order valence-corrected chi connectivity index (χ3v) is 13.0. The number of nitrogens with one attached hydrogen (secondary N) is 4. The van der Waals surface area contributed by atoms with Crippen LogP contribution in [0.2, 0.25) is 5.02 Å². The van der Waals surface area contributed by atoms with E-state index in [-0.39, 0.29) is 41.7 Å². The molecule has 326 valence electrons. The van der Waals surface area contributed by atoms with Gasteiger partial charge in [0.1, 0.15) is 29.7 Å². The molecule has 0 radical (unpaired) electrons. The van der Waals surface area contributed by atoms with Crippen LogP contribution in [0.1, 0.15) is 78.5 Å². The second-order valence-corrected chi connectivity index (χ2v) is 19.5. The van der Waals surface area contributed by atoms with Crippen molar-refractivity contribution in [2.45, 2.75) is 69.9 Å². The van der Waals surface area contributed by atoms with E-state index in [1.807, 2.05) is 42.5 Å². The zero-order valence-corrected chi connectivity index (χ0v) is 36.5. The number of rotatable bonds is 17. The highest BCUT2D eigenvalue weighted by Crippen LogP contribution is 2.39. The van der Waals surface area contributed by atoms with Crippen molar-refractivity contribution < 1.29 is 38.0 Å². The van der Waals surface area contributed by atoms with E-state index in [0.717, 1.165) is 55.8 Å². The number of nitrogens with zero attached hydrogens (tertiary/aromatic N) is 4. The maximum atomic E-state index is 13.3. The first-order chi connectivity index (χ1) is 29.8. The molecule has 3 aliphatic heterocycles. The van der Waals surface area contributed by atoms with E-state index in [9.17, 15) is 28.5 Å². The quantitative estimate of drug-likeness (QED) is 0.0517. The van der Waals surface area contributed by atoms with Crippen molar-refractivity contribution in [3.05, 3.63) is 83.0 Å². The highest BCUT2D eigenvalue weighted by Gasteiger charge is 2.46. The minimum atomic E-state index is -2.57. The number of hydrogen-bond acceptors (Lipinski definition) is 13. The topological polar surface area (TPSA) is 201 Å². The molecule has 1 atom stereocenters. The van der Waals surface area contributed by atoms with Gasteiger partial charge < -0.3 is 34.9 Å². The zero-order chi connectivity index (χ0) is 44.0. The zero-order valence-electron chi connectivity index (χ0n) is 34.9. The minimum Gasteiger partial charge on any atom is -0.494 e. The number of halogens is 1. The Kier molecular flexibility index (Phi) is 13.8. The molecule has 4 heterocycles. The SMILES string of the molecule is COc1cc(N2CCC(NC(=O)CCCCCCOc3cccc4c3C(=O)N(C3CCC(=O)NC3=O)C4=O)CC2)ccc1Nc1ncc(Cl)c(Nc2ccccc2P(C)(C)=O)n1. The van der Waals surface area contributed by atoms with Crippen molar-refractivity contribution >= 4 is 82.4 Å². The average Bonchev–Trinajstić information content (AvgIpc) is 3.50. The number of aromatic nitrogens is 2. The molecule has 4 aromatic rings. The van der Waals surface area contributed by atoms with Crippen LogP contribution in [0.3, 0.4) is 0 Å². The summed E-state index contributed by atoms with van der Waals surface area (Å²) in [5.41, 5.74) is 2.63. The normalized spacial score (nSPS) is 16.8. The first-order valence-electron chi connectivity index (χ1n) is 20.7. The summed E-state index contributed by atoms with van der Waals surface area (Å²) < 4.78 is 24.6. The molecular weight excluding hydrogens is 835 g/mol. The summed E-state index contributed by atoms with van der Waals surface area (Å²) in [6.45, 7) is 5.28. The number of piperidine rings is 2. The first kappa shape index (κ1) is 44.1. The number of unbranched alkanes of at least 4 members (excludes halogenated alkanes) is 3. The van der Waals surface area contributed by atoms with Crippen LogP contribution in [0, 0.1) is 0 Å². The van der Waals surface area contributed by atoms with Gasteiger partial charge in [0.2, 0.25) is 23.7 Å². The third-order valence-electron chi connectivity index (χ3n) is 11.1. The molecule has 0 saturated carbocycles. The predicted octanol–water partition coefficient (Wildman–Crippen LogP) is 6.39. The number of fused-ring (bicyclic) bond motifs is 1. The van der Waals surface area contributed by atoms with Crippen LogP contribution in [-0.2, 0) is 18.9 Å². The van der Waals surface area contributed by atoms with Crippen molar-refractivity contribution in [3.63, 3.8) is 0 Å². The number of carbonyl (C=O) groups excluding carboxylic acids is 5. The molecule has 3 aliphatic rings. The molecule has 0 aliphatic carbocycles. The van der Waals surface area contributed by atoms with Gasteiger partial charge in [0, 0.05) is 49.0 Å². The minimum absolute atomic E-state index is 0.0307. The number of carbonyl (C=O) groups is 5. The number of methoxy groups -OCH3 is 1. The Labute approximate surface area is 364 Å². The van der Waals surface area contributed by atoms with Gasteiger partial charge in [-0.15, -0.1) is 0 Å². The molecule has 0 spiro atoms. The number of anilines is 5. The molecule has 1 aromatic heterocycles. The summed E-state index contributed by atoms with van der Waals surface area (Å²) >= 11 is 6.45. The number of ether oxygens (including phenoxy) is 2. The van der Waals surface area contributed by atoms with Gasteiger partial charge in [0.25, 0.3) is 11.8 Å². The molecule has 5 amide bonds. The Morgan fingerprint density at radius 1 is 0.903 bits per heavy atom. The Bertz CT molecular complexity index is 2420. The molecule has 4 N–H and O–H groups in total. The van der Waals surface area contributed by atoms with E-state index in [0.29, 0.717) is 58.7 Å². The fraction of sp³-hybridized carbons (Fsp3) is 0.386. The number of para-hydroxylation sites is 1. The van der Waals surface area contributed by atoms with Gasteiger partial charge >= 0.3 is 0 Å². The lowest BCUT2D eigenvalue weighted by atomic mass is 10.0. The van der Waals surface area contributed by atoms with Crippen molar-refractivity contribution in [2.24, 2.45) is 0 Å². The van der Waals surface area contributed by atoms with Crippen molar-refractivity contribution in [1.82, 2.24) is 25.5 Å². The van der Waals surface area contributed by atoms with Crippen LogP contribution >= 0.6 is 18.7 Å². The molecule has 2 fully saturated rings. The van der Waals surface area contributed by atoms with Crippen LogP contribution < -0.4 is 40.9 Å². The van der Waals surface area contributed by atoms with Gasteiger partial charge in [-0.1, -0.05) is 42.6 Å². The van der Waals surface area contributed by atoms with E-state index >= 15 is 0 Å². The monoisotopic (exact) mass is 884 g/mol. The predicted molar refractivity (Wildman–Crippen MR) is 237 cm³/mol. The number of hydrogen-bond donors (Lipinski definition) is 4. The maximum absolute atomic E-state index is 13.3. The van der Waals surface area contributed by atoms with Crippen molar-refractivity contribution in [3.8, 4) is 11.5 Å². The Hall–Kier alpha value is -5.99. The summed E-state index contributed by atoms with van der Waals surface area (Å²) in [4.78, 5) is 75.3. The van der Waals surface area contributed by atoms with Gasteiger partial charge in [0.15, 0.2) is 5.82 Å². The fourth-order valence-corrected chi connectivity index (χ4v) is 9.20. The molecule has 7 rings (SSSR count). The molecule has 2 saturated heterocycles. The van der Waals surface area contributed by atoms with Crippen molar-refractivity contribution in [1.29, 1.82) is 0 Å². The summed E-state index contributed by atoms with van der Waals surface area (Å²) in [6.07, 6.45) is 6.73. The van der Waals surface area contributed by atoms with Crippen LogP contribution in [0.5, 0.6) is 11.5 Å². The Morgan fingerprint density at radius 3 is 2.44 bits per heavy atom. The molecular formula is C44H50ClN8O8P. The van der Waals surface area contributed by atoms with Crippen LogP contribution in [-0.4, -0.2) is 96.6 Å². The Morgan fingerprint density at radius 2 is 1.68 bits per heavy atom. The highest BCUT2D eigenvalue weighted by atomic mass is 35.5. The van der Waals surface area contributed by atoms with Gasteiger partial charge in [-0.25, -0.2) is 4.98 Å². The standard InChI is InChI=1S/C44H50ClN8O8P/c1-60-35-25-28(16-17-31(35)49-44-46-26-30(45)40(51-44)48-32-12-7-8-14-36(32)62(2,3)59)52-22-20-27(21-23-52)47-37(54)15-6-4-5-9-24-61-34-13-10-11-29-39(34)43(58)53(42(29)57)33-18-19-38(55)50-41(33)56/h7-8,10-14,16-17,25-27,33H,4-6,9,15,18-24H2,1-3H3,(H,47,54)(H,50,55,56)(H2,46,48,49,51). The van der Waals surface area contributed by atoms with E-state index in [4.69, 9.17) is 21.1 Å². The fourth-order valence-electron chi connectivity index (χ4n) is 7.90. The second-order valence-electron chi connectivity index (χ2n) is 15.9. The molecule has 1 unspecified atom stereocenters. The van der Waals surface area contributed by atoms with E-state index in [1.54, 1.807) is 32.6 Å². The number of amides is 5. The van der Waals surface area contributed by atoms with E-state index in [1.165, 1.54) is 12.3 Å². The molecule has 18 heteroatoms.